The fourth-order valence-electron chi connectivity index (χ4n) is 2.59. The van der Waals surface area contributed by atoms with Gasteiger partial charge in [-0.25, -0.2) is 4.98 Å². The van der Waals surface area contributed by atoms with E-state index in [9.17, 15) is 4.79 Å². The van der Waals surface area contributed by atoms with Crippen molar-refractivity contribution in [2.24, 2.45) is 0 Å². The molecule has 2 aromatic rings. The fraction of sp³-hybridized carbons (Fsp3) is 0.615. The Morgan fingerprint density at radius 3 is 3.11 bits per heavy atom. The highest BCUT2D eigenvalue weighted by Gasteiger charge is 2.20. The number of likely N-dealkylation sites (tertiary alicyclic amines) is 1. The molecule has 0 aliphatic carbocycles. The summed E-state index contributed by atoms with van der Waals surface area (Å²) < 4.78 is 1.42. The molecule has 0 N–H and O–H groups in total. The van der Waals surface area contributed by atoms with Gasteiger partial charge in [0.1, 0.15) is 5.01 Å². The summed E-state index contributed by atoms with van der Waals surface area (Å²) in [5.41, 5.74) is 0.670. The lowest BCUT2D eigenvalue weighted by atomic mass is 10.0. The summed E-state index contributed by atoms with van der Waals surface area (Å²) in [6, 6.07) is 2.13. The van der Waals surface area contributed by atoms with Crippen LogP contribution in [0.25, 0.3) is 4.96 Å². The Morgan fingerprint density at radius 1 is 1.47 bits per heavy atom. The lowest BCUT2D eigenvalue weighted by molar-refractivity contribution is 0.152. The maximum Gasteiger partial charge on any atom is 0.275 e. The molecule has 0 unspecified atom stereocenters. The van der Waals surface area contributed by atoms with Crippen molar-refractivity contribution in [2.45, 2.75) is 45.7 Å². The molecule has 3 rings (SSSR count). The third-order valence-corrected chi connectivity index (χ3v) is 4.59. The molecule has 0 spiro atoms. The normalized spacial score (nSPS) is 21.1. The average molecular weight is 278 g/mol. The molecule has 3 heterocycles. The first-order chi connectivity index (χ1) is 9.13. The molecule has 0 amide bonds. The molecule has 102 valence electrons. The van der Waals surface area contributed by atoms with Crippen LogP contribution in [0.2, 0.25) is 0 Å². The molecule has 2 aromatic heterocycles. The van der Waals surface area contributed by atoms with Crippen molar-refractivity contribution in [3.63, 3.8) is 0 Å². The molecule has 0 saturated carbocycles. The van der Waals surface area contributed by atoms with Crippen LogP contribution in [-0.4, -0.2) is 32.1 Å². The molecule has 1 atom stereocenters. The minimum absolute atomic E-state index is 0.0864. The van der Waals surface area contributed by atoms with E-state index in [1.54, 1.807) is 0 Å². The van der Waals surface area contributed by atoms with Gasteiger partial charge in [-0.15, -0.1) is 0 Å². The monoisotopic (exact) mass is 278 g/mol. The van der Waals surface area contributed by atoms with Gasteiger partial charge in [0, 0.05) is 17.8 Å². The smallest absolute Gasteiger partial charge is 0.275 e. The van der Waals surface area contributed by atoms with Crippen molar-refractivity contribution in [2.75, 3.05) is 6.54 Å². The highest BCUT2D eigenvalue weighted by atomic mass is 32.1. The number of hydrogen-bond acceptors (Lipinski definition) is 5. The van der Waals surface area contributed by atoms with E-state index in [1.807, 2.05) is 6.92 Å². The van der Waals surface area contributed by atoms with Crippen molar-refractivity contribution in [1.82, 2.24) is 19.5 Å². The first kappa shape index (κ1) is 12.7. The molecular weight excluding hydrogens is 260 g/mol. The predicted octanol–water partition coefficient (Wildman–Crippen LogP) is 1.83. The first-order valence-corrected chi connectivity index (χ1v) is 7.55. The Morgan fingerprint density at radius 2 is 2.32 bits per heavy atom. The number of hydrogen-bond donors (Lipinski definition) is 0. The predicted molar refractivity (Wildman–Crippen MR) is 75.6 cm³/mol. The van der Waals surface area contributed by atoms with Crippen LogP contribution in [-0.2, 0) is 6.54 Å². The maximum absolute atomic E-state index is 11.8. The molecule has 1 fully saturated rings. The van der Waals surface area contributed by atoms with Gasteiger partial charge < -0.3 is 0 Å². The van der Waals surface area contributed by atoms with E-state index in [2.05, 4.69) is 21.9 Å². The number of aryl methyl sites for hydroxylation is 1. The van der Waals surface area contributed by atoms with Crippen LogP contribution in [0.1, 0.15) is 36.9 Å². The van der Waals surface area contributed by atoms with Gasteiger partial charge in [-0.1, -0.05) is 17.8 Å². The molecule has 6 heteroatoms. The minimum Gasteiger partial charge on any atom is -0.294 e. The van der Waals surface area contributed by atoms with Crippen molar-refractivity contribution >= 4 is 16.3 Å². The summed E-state index contributed by atoms with van der Waals surface area (Å²) in [6.45, 7) is 6.06. The van der Waals surface area contributed by atoms with E-state index in [0.29, 0.717) is 11.0 Å². The SMILES string of the molecule is Cc1cc(=O)n2nc(CN3CCCC[C@H]3C)sc2n1. The molecule has 0 radical (unpaired) electrons. The molecular formula is C13H18N4OS. The largest absolute Gasteiger partial charge is 0.294 e. The van der Waals surface area contributed by atoms with Gasteiger partial charge in [-0.3, -0.25) is 9.69 Å². The second-order valence-electron chi connectivity index (χ2n) is 5.24. The molecule has 0 bridgehead atoms. The number of piperidine rings is 1. The summed E-state index contributed by atoms with van der Waals surface area (Å²) in [6.07, 6.45) is 3.83. The van der Waals surface area contributed by atoms with Gasteiger partial charge in [0.25, 0.3) is 5.56 Å². The van der Waals surface area contributed by atoms with E-state index >= 15 is 0 Å². The topological polar surface area (TPSA) is 50.5 Å². The lowest BCUT2D eigenvalue weighted by Crippen LogP contribution is -2.36. The highest BCUT2D eigenvalue weighted by Crippen LogP contribution is 2.21. The van der Waals surface area contributed by atoms with Gasteiger partial charge >= 0.3 is 0 Å². The molecule has 1 saturated heterocycles. The van der Waals surface area contributed by atoms with Gasteiger partial charge in [-0.05, 0) is 33.2 Å². The average Bonchev–Trinajstić information content (AvgIpc) is 2.75. The summed E-state index contributed by atoms with van der Waals surface area (Å²) in [7, 11) is 0. The lowest BCUT2D eigenvalue weighted by Gasteiger charge is -2.32. The Hall–Kier alpha value is -1.27. The van der Waals surface area contributed by atoms with Crippen molar-refractivity contribution < 1.29 is 0 Å². The van der Waals surface area contributed by atoms with Crippen molar-refractivity contribution in [3.05, 3.63) is 27.1 Å². The van der Waals surface area contributed by atoms with Crippen molar-refractivity contribution in [1.29, 1.82) is 0 Å². The minimum atomic E-state index is -0.0864. The highest BCUT2D eigenvalue weighted by molar-refractivity contribution is 7.16. The van der Waals surface area contributed by atoms with Gasteiger partial charge in [0.15, 0.2) is 0 Å². The van der Waals surface area contributed by atoms with Gasteiger partial charge in [0.05, 0.1) is 6.54 Å². The van der Waals surface area contributed by atoms with Crippen LogP contribution in [0.15, 0.2) is 10.9 Å². The molecule has 19 heavy (non-hydrogen) atoms. The Bertz CT molecular complexity index is 648. The molecule has 0 aromatic carbocycles. The van der Waals surface area contributed by atoms with Crippen molar-refractivity contribution in [3.8, 4) is 0 Å². The Balaban J connectivity index is 1.89. The summed E-state index contributed by atoms with van der Waals surface area (Å²) in [5.74, 6) is 0. The molecule has 1 aliphatic heterocycles. The fourth-order valence-corrected chi connectivity index (χ4v) is 3.56. The van der Waals surface area contributed by atoms with Crippen LogP contribution in [0.5, 0.6) is 0 Å². The zero-order valence-corrected chi connectivity index (χ0v) is 12.1. The van der Waals surface area contributed by atoms with E-state index in [0.717, 1.165) is 23.8 Å². The number of fused-ring (bicyclic) bond motifs is 1. The summed E-state index contributed by atoms with van der Waals surface area (Å²) in [4.78, 5) is 19.3. The number of aromatic nitrogens is 3. The van der Waals surface area contributed by atoms with E-state index in [-0.39, 0.29) is 5.56 Å². The quantitative estimate of drug-likeness (QED) is 0.841. The van der Waals surface area contributed by atoms with Crippen LogP contribution < -0.4 is 5.56 Å². The van der Waals surface area contributed by atoms with Gasteiger partial charge in [-0.2, -0.15) is 9.61 Å². The zero-order chi connectivity index (χ0) is 13.4. The first-order valence-electron chi connectivity index (χ1n) is 6.74. The van der Waals surface area contributed by atoms with Crippen LogP contribution in [0.3, 0.4) is 0 Å². The Kier molecular flexibility index (Phi) is 3.36. The van der Waals surface area contributed by atoms with E-state index in [1.165, 1.54) is 41.2 Å². The number of rotatable bonds is 2. The van der Waals surface area contributed by atoms with E-state index < -0.39 is 0 Å². The molecule has 5 nitrogen and oxygen atoms in total. The van der Waals surface area contributed by atoms with Crippen LogP contribution >= 0.6 is 11.3 Å². The van der Waals surface area contributed by atoms with E-state index in [4.69, 9.17) is 0 Å². The third-order valence-electron chi connectivity index (χ3n) is 3.69. The Labute approximate surface area is 115 Å². The standard InChI is InChI=1S/C13H18N4OS/c1-9-7-12(18)17-13(14-9)19-11(15-17)8-16-6-4-3-5-10(16)2/h7,10H,3-6,8H2,1-2H3/t10-/m1/s1. The maximum atomic E-state index is 11.8. The van der Waals surface area contributed by atoms with Crippen LogP contribution in [0.4, 0.5) is 0 Å². The molecule has 1 aliphatic rings. The van der Waals surface area contributed by atoms with Crippen LogP contribution in [0, 0.1) is 6.92 Å². The second-order valence-corrected chi connectivity index (χ2v) is 6.28. The third kappa shape index (κ3) is 2.55. The summed E-state index contributed by atoms with van der Waals surface area (Å²) >= 11 is 1.52. The number of nitrogens with zero attached hydrogens (tertiary/aromatic N) is 4. The zero-order valence-electron chi connectivity index (χ0n) is 11.3. The van der Waals surface area contributed by atoms with Gasteiger partial charge in [0.2, 0.25) is 4.96 Å². The summed E-state index contributed by atoms with van der Waals surface area (Å²) in [5, 5.41) is 5.38. The second kappa shape index (κ2) is 5.02.